The van der Waals surface area contributed by atoms with E-state index in [2.05, 4.69) is 84.9 Å². The summed E-state index contributed by atoms with van der Waals surface area (Å²) in [7, 11) is 0. The third-order valence-corrected chi connectivity index (χ3v) is 7.51. The monoisotopic (exact) mass is 454 g/mol. The van der Waals surface area contributed by atoms with Crippen molar-refractivity contribution in [2.75, 3.05) is 0 Å². The van der Waals surface area contributed by atoms with Crippen molar-refractivity contribution < 1.29 is 4.42 Å². The molecule has 1 aliphatic carbocycles. The second-order valence-corrected chi connectivity index (χ2v) is 9.80. The molecule has 0 saturated heterocycles. The molecular weight excluding hydrogens is 428 g/mol. The van der Waals surface area contributed by atoms with Gasteiger partial charge in [0.1, 0.15) is 5.58 Å². The van der Waals surface area contributed by atoms with Gasteiger partial charge < -0.3 is 4.42 Å². The normalized spacial score (nSPS) is 14.4. The summed E-state index contributed by atoms with van der Waals surface area (Å²) in [4.78, 5) is 9.64. The molecule has 1 aliphatic rings. The van der Waals surface area contributed by atoms with E-state index in [-0.39, 0.29) is 0 Å². The van der Waals surface area contributed by atoms with Gasteiger partial charge in [0, 0.05) is 28.1 Å². The van der Waals surface area contributed by atoms with Crippen LogP contribution in [-0.4, -0.2) is 9.97 Å². The fourth-order valence-electron chi connectivity index (χ4n) is 5.69. The number of furan rings is 1. The lowest BCUT2D eigenvalue weighted by molar-refractivity contribution is 0.546. The maximum absolute atomic E-state index is 6.41. The van der Waals surface area contributed by atoms with Gasteiger partial charge in [-0.25, -0.2) is 4.98 Å². The number of hydrogen-bond acceptors (Lipinski definition) is 3. The highest BCUT2D eigenvalue weighted by atomic mass is 16.3. The number of rotatable bonds is 4. The van der Waals surface area contributed by atoms with Crippen molar-refractivity contribution in [3.8, 4) is 22.5 Å². The van der Waals surface area contributed by atoms with Gasteiger partial charge in [-0.3, -0.25) is 4.98 Å². The minimum atomic E-state index is 0.667. The molecule has 1 fully saturated rings. The summed E-state index contributed by atoms with van der Waals surface area (Å²) in [6, 6.07) is 29.8. The van der Waals surface area contributed by atoms with Crippen LogP contribution in [0.25, 0.3) is 55.4 Å². The lowest BCUT2D eigenvalue weighted by Gasteiger charge is -2.10. The minimum absolute atomic E-state index is 0.667. The summed E-state index contributed by atoms with van der Waals surface area (Å²) in [5.74, 6) is 0.810. The number of hydrogen-bond donors (Lipinski definition) is 0. The molecule has 3 heteroatoms. The van der Waals surface area contributed by atoms with Crippen molar-refractivity contribution in [2.45, 2.75) is 32.1 Å². The first kappa shape index (κ1) is 20.4. The lowest BCUT2D eigenvalue weighted by Crippen LogP contribution is -1.99. The smallest absolute Gasteiger partial charge is 0.227 e. The molecule has 0 atom stereocenters. The molecule has 0 spiro atoms. The van der Waals surface area contributed by atoms with Crippen molar-refractivity contribution in [1.82, 2.24) is 9.97 Å². The van der Waals surface area contributed by atoms with Crippen molar-refractivity contribution >= 4 is 32.8 Å². The van der Waals surface area contributed by atoms with Crippen molar-refractivity contribution in [3.63, 3.8) is 0 Å². The van der Waals surface area contributed by atoms with E-state index in [9.17, 15) is 0 Å². The zero-order valence-electron chi connectivity index (χ0n) is 19.6. The molecule has 6 aromatic rings. The summed E-state index contributed by atoms with van der Waals surface area (Å²) in [6.45, 7) is 0. The molecule has 3 nitrogen and oxygen atoms in total. The largest absolute Gasteiger partial charge is 0.437 e. The summed E-state index contributed by atoms with van der Waals surface area (Å²) in [6.07, 6.45) is 8.52. The predicted molar refractivity (Wildman–Crippen MR) is 143 cm³/mol. The van der Waals surface area contributed by atoms with E-state index in [1.807, 2.05) is 6.20 Å². The number of nitrogens with zero attached hydrogens (tertiary/aromatic N) is 2. The molecule has 0 bridgehead atoms. The lowest BCUT2D eigenvalue weighted by atomic mass is 9.97. The summed E-state index contributed by atoms with van der Waals surface area (Å²) < 4.78 is 6.41. The fourth-order valence-corrected chi connectivity index (χ4v) is 5.69. The molecule has 170 valence electrons. The number of benzene rings is 3. The average Bonchev–Trinajstić information content (AvgIpc) is 3.55. The SMILES string of the molecule is c1ccc2cc(-c3ccc4c(n3)oc3c(-c5cc(CC6CCCC6)ccn5)cccc34)ccc2c1. The number of para-hydroxylation sites is 1. The van der Waals surface area contributed by atoms with Crippen LogP contribution in [0, 0.1) is 5.92 Å². The van der Waals surface area contributed by atoms with Crippen LogP contribution in [0.4, 0.5) is 0 Å². The number of fused-ring (bicyclic) bond motifs is 4. The van der Waals surface area contributed by atoms with Crippen LogP contribution in [0.1, 0.15) is 31.2 Å². The Balaban J connectivity index is 1.31. The first-order valence-corrected chi connectivity index (χ1v) is 12.6. The summed E-state index contributed by atoms with van der Waals surface area (Å²) in [5.41, 5.74) is 6.90. The first-order chi connectivity index (χ1) is 17.3. The fraction of sp³-hybridized carbons (Fsp3) is 0.188. The van der Waals surface area contributed by atoms with Crippen LogP contribution in [0.2, 0.25) is 0 Å². The molecule has 0 radical (unpaired) electrons. The van der Waals surface area contributed by atoms with E-state index in [1.165, 1.54) is 42.0 Å². The third kappa shape index (κ3) is 3.68. The maximum Gasteiger partial charge on any atom is 0.227 e. The third-order valence-electron chi connectivity index (χ3n) is 7.51. The minimum Gasteiger partial charge on any atom is -0.437 e. The molecule has 7 rings (SSSR count). The van der Waals surface area contributed by atoms with E-state index in [0.29, 0.717) is 5.71 Å². The topological polar surface area (TPSA) is 38.9 Å². The molecule has 3 aromatic heterocycles. The Morgan fingerprint density at radius 3 is 2.54 bits per heavy atom. The highest BCUT2D eigenvalue weighted by molar-refractivity contribution is 6.08. The Labute approximate surface area is 204 Å². The molecule has 0 amide bonds. The Hall–Kier alpha value is -3.98. The van der Waals surface area contributed by atoms with Crippen LogP contribution >= 0.6 is 0 Å². The zero-order chi connectivity index (χ0) is 23.2. The van der Waals surface area contributed by atoms with Gasteiger partial charge in [-0.2, -0.15) is 0 Å². The van der Waals surface area contributed by atoms with Crippen molar-refractivity contribution in [2.24, 2.45) is 5.92 Å². The molecule has 35 heavy (non-hydrogen) atoms. The first-order valence-electron chi connectivity index (χ1n) is 12.6. The molecule has 0 aliphatic heterocycles. The highest BCUT2D eigenvalue weighted by Gasteiger charge is 2.18. The van der Waals surface area contributed by atoms with E-state index < -0.39 is 0 Å². The Morgan fingerprint density at radius 2 is 1.63 bits per heavy atom. The second kappa shape index (κ2) is 8.35. The van der Waals surface area contributed by atoms with Gasteiger partial charge in [0.25, 0.3) is 0 Å². The molecule has 0 unspecified atom stereocenters. The van der Waals surface area contributed by atoms with Crippen LogP contribution in [0.5, 0.6) is 0 Å². The van der Waals surface area contributed by atoms with Crippen molar-refractivity contribution in [1.29, 1.82) is 0 Å². The van der Waals surface area contributed by atoms with Gasteiger partial charge in [-0.05, 0) is 65.1 Å². The zero-order valence-corrected chi connectivity index (χ0v) is 19.6. The van der Waals surface area contributed by atoms with E-state index in [0.717, 1.165) is 51.2 Å². The van der Waals surface area contributed by atoms with Gasteiger partial charge in [0.15, 0.2) is 0 Å². The van der Waals surface area contributed by atoms with Crippen molar-refractivity contribution in [3.05, 3.63) is 96.7 Å². The highest BCUT2D eigenvalue weighted by Crippen LogP contribution is 2.36. The Kier molecular flexibility index (Phi) is 4.87. The van der Waals surface area contributed by atoms with Gasteiger partial charge in [-0.15, -0.1) is 0 Å². The quantitative estimate of drug-likeness (QED) is 0.268. The van der Waals surface area contributed by atoms with Crippen LogP contribution < -0.4 is 0 Å². The molecule has 3 heterocycles. The van der Waals surface area contributed by atoms with Crippen LogP contribution in [0.15, 0.2) is 95.5 Å². The van der Waals surface area contributed by atoms with Gasteiger partial charge in [0.05, 0.1) is 11.4 Å². The second-order valence-electron chi connectivity index (χ2n) is 9.80. The standard InChI is InChI=1S/C32H26N2O/c1-2-7-21(6-1)18-22-16-17-33-30(19-22)28-11-5-10-26-27-14-15-29(34-32(27)35-31(26)28)25-13-12-23-8-3-4-9-24(23)20-25/h3-5,8-17,19-21H,1-2,6-7,18H2. The van der Waals surface area contributed by atoms with E-state index in [4.69, 9.17) is 14.4 Å². The summed E-state index contributed by atoms with van der Waals surface area (Å²) >= 11 is 0. The molecule has 3 aromatic carbocycles. The summed E-state index contributed by atoms with van der Waals surface area (Å²) in [5, 5.41) is 4.56. The Morgan fingerprint density at radius 1 is 0.743 bits per heavy atom. The Bertz CT molecular complexity index is 1690. The molecular formula is C32H26N2O. The average molecular weight is 455 g/mol. The van der Waals surface area contributed by atoms with E-state index in [1.54, 1.807) is 0 Å². The van der Waals surface area contributed by atoms with Gasteiger partial charge in [-0.1, -0.05) is 74.2 Å². The number of pyridine rings is 2. The number of aromatic nitrogens is 2. The maximum atomic E-state index is 6.41. The van der Waals surface area contributed by atoms with Crippen LogP contribution in [0.3, 0.4) is 0 Å². The molecule has 0 N–H and O–H groups in total. The predicted octanol–water partition coefficient (Wildman–Crippen LogP) is 8.60. The van der Waals surface area contributed by atoms with Gasteiger partial charge in [0.2, 0.25) is 5.71 Å². The molecule has 1 saturated carbocycles. The van der Waals surface area contributed by atoms with Crippen LogP contribution in [-0.2, 0) is 6.42 Å². The van der Waals surface area contributed by atoms with Gasteiger partial charge >= 0.3 is 0 Å². The van der Waals surface area contributed by atoms with E-state index >= 15 is 0 Å².